The van der Waals surface area contributed by atoms with Crippen molar-refractivity contribution in [2.24, 2.45) is 0 Å². The maximum Gasteiger partial charge on any atom is 0.134 e. The van der Waals surface area contributed by atoms with Gasteiger partial charge >= 0.3 is 0 Å². The molecule has 0 aliphatic carbocycles. The lowest BCUT2D eigenvalue weighted by Crippen LogP contribution is -2.18. The van der Waals surface area contributed by atoms with Crippen LogP contribution in [0.5, 0.6) is 0 Å². The Morgan fingerprint density at radius 1 is 1.43 bits per heavy atom. The molecule has 0 aromatic heterocycles. The van der Waals surface area contributed by atoms with Crippen LogP contribution in [0, 0.1) is 6.55 Å². The van der Waals surface area contributed by atoms with Crippen molar-refractivity contribution < 1.29 is 9.47 Å². The largest absolute Gasteiger partial charge is 0.360 e. The molecule has 7 heavy (non-hydrogen) atoms. The van der Waals surface area contributed by atoms with Crippen molar-refractivity contribution in [3.05, 3.63) is 6.55 Å². The number of rotatable bonds is 3. The molecule has 0 saturated heterocycles. The summed E-state index contributed by atoms with van der Waals surface area (Å²) in [7, 11) is 2.90. The van der Waals surface area contributed by atoms with Crippen LogP contribution < -0.4 is 0 Å². The van der Waals surface area contributed by atoms with Crippen LogP contribution >= 0.6 is 0 Å². The smallest absolute Gasteiger partial charge is 0.134 e. The predicted octanol–water partition coefficient (Wildman–Crippen LogP) is -0.477. The number of hydrogen-bond acceptors (Lipinski definition) is 2. The average molecular weight is 119 g/mol. The first kappa shape index (κ1) is 7.14. The molecule has 0 fully saturated rings. The second kappa shape index (κ2) is 4.30. The molecule has 0 heterocycles. The minimum Gasteiger partial charge on any atom is -0.360 e. The van der Waals surface area contributed by atoms with Crippen molar-refractivity contribution in [2.45, 2.75) is 5.91 Å². The van der Waals surface area contributed by atoms with Gasteiger partial charge in [-0.2, -0.15) is 0 Å². The van der Waals surface area contributed by atoms with E-state index >= 15 is 0 Å². The molecule has 0 rings (SSSR count). The van der Waals surface area contributed by atoms with Crippen LogP contribution in [0.25, 0.3) is 0 Å². The highest BCUT2D eigenvalue weighted by molar-refractivity contribution is 6.38. The Kier molecular flexibility index (Phi) is 4.38. The number of methoxy groups -OCH3 is 2. The van der Waals surface area contributed by atoms with Crippen LogP contribution in [0.2, 0.25) is 0 Å². The fraction of sp³-hybridized carbons (Fsp3) is 0.750. The minimum atomic E-state index is -0.367. The Balaban J connectivity index is 2.99. The monoisotopic (exact) mass is 119 g/mol. The molecule has 0 aliphatic heterocycles. The molecule has 0 unspecified atom stereocenters. The van der Waals surface area contributed by atoms with E-state index in [0.29, 0.717) is 0 Å². The second-order valence-corrected chi connectivity index (χ2v) is 2.43. The normalized spacial score (nSPS) is 12.0. The summed E-state index contributed by atoms with van der Waals surface area (Å²) in [5.41, 5.74) is 0. The molecule has 0 saturated carbocycles. The summed E-state index contributed by atoms with van der Waals surface area (Å²) in [5, 5.41) is 0. The molecule has 0 N–H and O–H groups in total. The van der Waals surface area contributed by atoms with Gasteiger partial charge < -0.3 is 9.47 Å². The van der Waals surface area contributed by atoms with Crippen LogP contribution in [-0.2, 0) is 9.47 Å². The summed E-state index contributed by atoms with van der Waals surface area (Å²) in [4.78, 5) is 0. The molecule has 43 valence electrons. The summed E-state index contributed by atoms with van der Waals surface area (Å²) < 4.78 is 9.65. The van der Waals surface area contributed by atoms with Gasteiger partial charge in [-0.1, -0.05) is 6.55 Å². The van der Waals surface area contributed by atoms with E-state index in [1.165, 1.54) is 0 Å². The zero-order valence-corrected chi connectivity index (χ0v) is 6.22. The molecular weight excluding hydrogens is 108 g/mol. The summed E-state index contributed by atoms with van der Waals surface area (Å²) in [5.74, 6) is 0.0139. The molecule has 0 aromatic rings. The third kappa shape index (κ3) is 2.79. The van der Waals surface area contributed by atoms with Crippen LogP contribution in [0.3, 0.4) is 0 Å². The average Bonchev–Trinajstić information content (AvgIpc) is 1.72. The molecule has 3 heteroatoms. The van der Waals surface area contributed by atoms with Crippen molar-refractivity contribution in [3.63, 3.8) is 0 Å². The molecule has 2 nitrogen and oxygen atoms in total. The lowest BCUT2D eigenvalue weighted by Gasteiger charge is -2.07. The molecule has 0 atom stereocenters. The van der Waals surface area contributed by atoms with Crippen molar-refractivity contribution >= 4 is 9.52 Å². The van der Waals surface area contributed by atoms with Gasteiger partial charge in [0, 0.05) is 14.2 Å². The molecule has 1 radical (unpaired) electrons. The van der Waals surface area contributed by atoms with Crippen molar-refractivity contribution in [1.82, 2.24) is 0 Å². The van der Waals surface area contributed by atoms with Gasteiger partial charge in [0.25, 0.3) is 0 Å². The van der Waals surface area contributed by atoms with E-state index in [1.807, 2.05) is 0 Å². The zero-order valence-electron chi connectivity index (χ0n) is 4.81. The van der Waals surface area contributed by atoms with Crippen molar-refractivity contribution in [1.29, 1.82) is 0 Å². The third-order valence-corrected chi connectivity index (χ3v) is 1.90. The predicted molar refractivity (Wildman–Crippen MR) is 31.7 cm³/mol. The van der Waals surface area contributed by atoms with Crippen LogP contribution in [0.1, 0.15) is 0 Å². The second-order valence-electron chi connectivity index (χ2n) is 1.19. The minimum absolute atomic E-state index is 0.0139. The highest BCUT2D eigenvalue weighted by Gasteiger charge is 1.97. The first-order chi connectivity index (χ1) is 3.35. The van der Waals surface area contributed by atoms with Crippen molar-refractivity contribution in [2.75, 3.05) is 14.2 Å². The first-order valence-electron chi connectivity index (χ1n) is 2.20. The van der Waals surface area contributed by atoms with Crippen LogP contribution in [0.15, 0.2) is 0 Å². The van der Waals surface area contributed by atoms with Gasteiger partial charge in [-0.15, -0.1) is 0 Å². The highest BCUT2D eigenvalue weighted by Crippen LogP contribution is 1.83. The first-order valence-corrected chi connectivity index (χ1v) is 4.01. The zero-order chi connectivity index (χ0) is 5.70. The summed E-state index contributed by atoms with van der Waals surface area (Å²) in [6.45, 7) is 3.72. The Morgan fingerprint density at radius 3 is 1.86 bits per heavy atom. The van der Waals surface area contributed by atoms with E-state index in [9.17, 15) is 0 Å². The molecule has 0 bridgehead atoms. The van der Waals surface area contributed by atoms with E-state index in [2.05, 4.69) is 6.55 Å². The Bertz CT molecular complexity index is 31.2. The standard InChI is InChI=1S/C4H11O2Si/c1-5-4(6-2)7-3/h4H,3,7H2,1-2H3. The molecule has 0 amide bonds. The van der Waals surface area contributed by atoms with E-state index in [-0.39, 0.29) is 15.4 Å². The van der Waals surface area contributed by atoms with Crippen LogP contribution in [0.4, 0.5) is 0 Å². The van der Waals surface area contributed by atoms with E-state index in [0.717, 1.165) is 0 Å². The number of hydrogen-bond donors (Lipinski definition) is 0. The lowest BCUT2D eigenvalue weighted by atomic mass is 11.3. The lowest BCUT2D eigenvalue weighted by molar-refractivity contribution is -0.0431. The highest BCUT2D eigenvalue weighted by atomic mass is 28.2. The fourth-order valence-corrected chi connectivity index (χ4v) is 0.803. The van der Waals surface area contributed by atoms with Gasteiger partial charge in [0.15, 0.2) is 0 Å². The van der Waals surface area contributed by atoms with Crippen molar-refractivity contribution in [3.8, 4) is 0 Å². The maximum atomic E-state index is 4.83. The van der Waals surface area contributed by atoms with E-state index in [4.69, 9.17) is 9.47 Å². The summed E-state index contributed by atoms with van der Waals surface area (Å²) in [6.07, 6.45) is 0. The number of ether oxygens (including phenoxy) is 2. The van der Waals surface area contributed by atoms with Gasteiger partial charge in [-0.25, -0.2) is 0 Å². The third-order valence-electron chi connectivity index (χ3n) is 0.761. The van der Waals surface area contributed by atoms with Gasteiger partial charge in [-0.05, 0) is 0 Å². The van der Waals surface area contributed by atoms with Gasteiger partial charge in [0.05, 0.1) is 9.52 Å². The van der Waals surface area contributed by atoms with E-state index < -0.39 is 0 Å². The fourth-order valence-electron chi connectivity index (χ4n) is 0.332. The van der Waals surface area contributed by atoms with E-state index in [1.54, 1.807) is 14.2 Å². The summed E-state index contributed by atoms with van der Waals surface area (Å²) in [6, 6.07) is 0. The molecule has 0 aromatic carbocycles. The molecule has 0 aliphatic rings. The van der Waals surface area contributed by atoms with Gasteiger partial charge in [0.2, 0.25) is 0 Å². The summed E-state index contributed by atoms with van der Waals surface area (Å²) >= 11 is 0. The van der Waals surface area contributed by atoms with Gasteiger partial charge in [0.1, 0.15) is 5.91 Å². The quantitative estimate of drug-likeness (QED) is 0.369. The molecule has 0 spiro atoms. The Morgan fingerprint density at radius 2 is 1.86 bits per heavy atom. The SMILES string of the molecule is [CH2][SiH2]C(OC)OC. The topological polar surface area (TPSA) is 18.5 Å². The molecular formula is C4H11O2Si. The van der Waals surface area contributed by atoms with Gasteiger partial charge in [-0.3, -0.25) is 0 Å². The Hall–Kier alpha value is 0.137. The Labute approximate surface area is 46.6 Å². The maximum absolute atomic E-state index is 4.83. The van der Waals surface area contributed by atoms with Crippen LogP contribution in [-0.4, -0.2) is 29.7 Å².